The summed E-state index contributed by atoms with van der Waals surface area (Å²) in [6.45, 7) is 7.46. The van der Waals surface area contributed by atoms with Gasteiger partial charge in [-0.2, -0.15) is 0 Å². The highest BCUT2D eigenvalue weighted by atomic mass is 35.5. The Labute approximate surface area is 192 Å². The second-order valence-electron chi connectivity index (χ2n) is 7.55. The number of halogens is 2. The minimum Gasteiger partial charge on any atom is -0.368 e. The molecule has 3 unspecified atom stereocenters. The molecule has 3 atom stereocenters. The second kappa shape index (κ2) is 10.1. The molecule has 0 radical (unpaired) electrons. The molecule has 2 aromatic carbocycles. The van der Waals surface area contributed by atoms with Crippen molar-refractivity contribution in [3.05, 3.63) is 60.1 Å². The molecule has 1 aliphatic heterocycles. The van der Waals surface area contributed by atoms with E-state index >= 15 is 0 Å². The first kappa shape index (κ1) is 23.6. The van der Waals surface area contributed by atoms with Crippen molar-refractivity contribution in [2.45, 2.75) is 17.8 Å². The summed E-state index contributed by atoms with van der Waals surface area (Å²) in [6, 6.07) is 12.7. The first-order chi connectivity index (χ1) is 14.7. The molecule has 1 aliphatic rings. The van der Waals surface area contributed by atoms with Crippen molar-refractivity contribution in [2.24, 2.45) is 0 Å². The maximum atomic E-state index is 12.7. The zero-order valence-electron chi connectivity index (χ0n) is 17.3. The van der Waals surface area contributed by atoms with E-state index in [9.17, 15) is 9.36 Å². The number of hydrogen-bond donors (Lipinski definition) is 5. The molecule has 0 aromatic heterocycles. The SMILES string of the molecule is C=CC(=O)Nc1ccc(Cl)c(NC2NCC(Cl)C(Nc3ccccc3P(C)(C)=O)N2)c1. The van der Waals surface area contributed by atoms with Gasteiger partial charge in [0.25, 0.3) is 0 Å². The van der Waals surface area contributed by atoms with Gasteiger partial charge in [0.2, 0.25) is 5.91 Å². The molecule has 166 valence electrons. The number of para-hydroxylation sites is 1. The van der Waals surface area contributed by atoms with Crippen molar-refractivity contribution in [1.29, 1.82) is 0 Å². The highest BCUT2D eigenvalue weighted by molar-refractivity contribution is 7.70. The summed E-state index contributed by atoms with van der Waals surface area (Å²) in [7, 11) is -2.46. The number of amides is 1. The number of carbonyl (C=O) groups is 1. The number of benzene rings is 2. The number of hydrogen-bond acceptors (Lipinski definition) is 6. The van der Waals surface area contributed by atoms with E-state index in [4.69, 9.17) is 23.2 Å². The zero-order chi connectivity index (χ0) is 22.6. The topological polar surface area (TPSA) is 94.3 Å². The van der Waals surface area contributed by atoms with Crippen molar-refractivity contribution in [3.63, 3.8) is 0 Å². The number of alkyl halides is 1. The maximum Gasteiger partial charge on any atom is 0.247 e. The van der Waals surface area contributed by atoms with Crippen LogP contribution in [0.1, 0.15) is 0 Å². The van der Waals surface area contributed by atoms with Gasteiger partial charge in [0.15, 0.2) is 0 Å². The lowest BCUT2D eigenvalue weighted by Gasteiger charge is -2.37. The van der Waals surface area contributed by atoms with Crippen LogP contribution in [0.4, 0.5) is 17.1 Å². The Bertz CT molecular complexity index is 1010. The molecular formula is C21H26Cl2N5O2P. The molecule has 0 aliphatic carbocycles. The first-order valence-corrected chi connectivity index (χ1v) is 13.1. The standard InChI is InChI=1S/C21H26Cl2N5O2P/c1-4-19(29)25-13-9-10-14(22)17(11-13)27-21-24-12-15(23)20(28-21)26-16-7-5-6-8-18(16)31(2,3)30/h4-11,15,20-21,24,26-28H,1,12H2,2-3H3,(H,25,29). The smallest absolute Gasteiger partial charge is 0.247 e. The molecule has 0 bridgehead atoms. The van der Waals surface area contributed by atoms with Gasteiger partial charge in [0.1, 0.15) is 13.4 Å². The van der Waals surface area contributed by atoms with Gasteiger partial charge in [-0.1, -0.05) is 30.3 Å². The van der Waals surface area contributed by atoms with Crippen LogP contribution in [0.5, 0.6) is 0 Å². The van der Waals surface area contributed by atoms with E-state index in [1.54, 1.807) is 31.5 Å². The van der Waals surface area contributed by atoms with Crippen molar-refractivity contribution in [2.75, 3.05) is 35.8 Å². The van der Waals surface area contributed by atoms with Crippen molar-refractivity contribution in [1.82, 2.24) is 10.6 Å². The largest absolute Gasteiger partial charge is 0.368 e. The summed E-state index contributed by atoms with van der Waals surface area (Å²) in [6.07, 6.45) is 0.555. The van der Waals surface area contributed by atoms with Gasteiger partial charge in [0.05, 0.1) is 22.3 Å². The van der Waals surface area contributed by atoms with E-state index in [2.05, 4.69) is 33.2 Å². The van der Waals surface area contributed by atoms with Crippen LogP contribution in [-0.2, 0) is 9.36 Å². The molecule has 1 amide bonds. The molecule has 31 heavy (non-hydrogen) atoms. The molecule has 2 aromatic rings. The molecule has 0 saturated carbocycles. The third-order valence-corrected chi connectivity index (χ3v) is 7.03. The van der Waals surface area contributed by atoms with Crippen molar-refractivity contribution >= 4 is 58.6 Å². The Kier molecular flexibility index (Phi) is 7.68. The average Bonchev–Trinajstić information content (AvgIpc) is 2.72. The predicted molar refractivity (Wildman–Crippen MR) is 131 cm³/mol. The van der Waals surface area contributed by atoms with Crippen LogP contribution in [0, 0.1) is 0 Å². The maximum absolute atomic E-state index is 12.7. The van der Waals surface area contributed by atoms with Crippen LogP contribution >= 0.6 is 30.3 Å². The lowest BCUT2D eigenvalue weighted by atomic mass is 10.2. The van der Waals surface area contributed by atoms with Crippen LogP contribution < -0.4 is 31.9 Å². The quantitative estimate of drug-likeness (QED) is 0.235. The third-order valence-electron chi connectivity index (χ3n) is 4.74. The summed E-state index contributed by atoms with van der Waals surface area (Å²) in [4.78, 5) is 11.6. The summed E-state index contributed by atoms with van der Waals surface area (Å²) in [5.74, 6) is -0.306. The molecule has 3 rings (SSSR count). The van der Waals surface area contributed by atoms with Crippen LogP contribution in [-0.4, -0.2) is 43.6 Å². The van der Waals surface area contributed by atoms with Crippen LogP contribution in [0.15, 0.2) is 55.1 Å². The van der Waals surface area contributed by atoms with E-state index in [1.807, 2.05) is 24.3 Å². The van der Waals surface area contributed by atoms with E-state index in [0.717, 1.165) is 11.0 Å². The molecule has 1 fully saturated rings. The molecule has 1 saturated heterocycles. The predicted octanol–water partition coefficient (Wildman–Crippen LogP) is 3.65. The van der Waals surface area contributed by atoms with E-state index < -0.39 is 7.14 Å². The number of anilines is 3. The minimum absolute atomic E-state index is 0.257. The number of rotatable bonds is 7. The van der Waals surface area contributed by atoms with Gasteiger partial charge in [-0.25, -0.2) is 0 Å². The molecular weight excluding hydrogens is 456 g/mol. The van der Waals surface area contributed by atoms with Crippen molar-refractivity contribution < 1.29 is 9.36 Å². The molecule has 7 nitrogen and oxygen atoms in total. The monoisotopic (exact) mass is 481 g/mol. The Hall–Kier alpha value is -2.02. The van der Waals surface area contributed by atoms with E-state index in [-0.39, 0.29) is 23.7 Å². The summed E-state index contributed by atoms with van der Waals surface area (Å²) >= 11 is 12.9. The first-order valence-electron chi connectivity index (χ1n) is 9.71. The minimum atomic E-state index is -2.46. The van der Waals surface area contributed by atoms with Gasteiger partial charge < -0.3 is 20.5 Å². The Morgan fingerprint density at radius 1 is 1.19 bits per heavy atom. The number of carbonyl (C=O) groups excluding carboxylic acids is 1. The molecule has 10 heteroatoms. The Balaban J connectivity index is 1.74. The fourth-order valence-corrected chi connectivity index (χ4v) is 4.77. The fourth-order valence-electron chi connectivity index (χ4n) is 3.21. The van der Waals surface area contributed by atoms with Gasteiger partial charge in [0, 0.05) is 23.2 Å². The van der Waals surface area contributed by atoms with Crippen molar-refractivity contribution in [3.8, 4) is 0 Å². The highest BCUT2D eigenvalue weighted by Crippen LogP contribution is 2.37. The fraction of sp³-hybridized carbons (Fsp3) is 0.286. The van der Waals surface area contributed by atoms with E-state index in [0.29, 0.717) is 22.9 Å². The number of nitrogens with one attached hydrogen (secondary N) is 5. The zero-order valence-corrected chi connectivity index (χ0v) is 19.7. The third kappa shape index (κ3) is 6.25. The van der Waals surface area contributed by atoms with E-state index in [1.165, 1.54) is 6.08 Å². The lowest BCUT2D eigenvalue weighted by Crippen LogP contribution is -2.64. The summed E-state index contributed by atoms with van der Waals surface area (Å²) in [5.41, 5.74) is 2.01. The highest BCUT2D eigenvalue weighted by Gasteiger charge is 2.29. The van der Waals surface area contributed by atoms with Gasteiger partial charge in [-0.3, -0.25) is 15.4 Å². The Morgan fingerprint density at radius 3 is 2.65 bits per heavy atom. The molecule has 1 heterocycles. The van der Waals surface area contributed by atoms with Crippen LogP contribution in [0.25, 0.3) is 0 Å². The van der Waals surface area contributed by atoms with Crippen LogP contribution in [0.3, 0.4) is 0 Å². The summed E-state index contributed by atoms with van der Waals surface area (Å²) < 4.78 is 12.7. The second-order valence-corrected chi connectivity index (χ2v) is 11.7. The van der Waals surface area contributed by atoms with Gasteiger partial charge in [-0.15, -0.1) is 11.6 Å². The molecule has 5 N–H and O–H groups in total. The average molecular weight is 482 g/mol. The summed E-state index contributed by atoms with van der Waals surface area (Å²) in [5, 5.41) is 17.0. The normalized spacial score (nSPS) is 21.2. The van der Waals surface area contributed by atoms with Gasteiger partial charge in [-0.05, 0) is 49.7 Å². The Morgan fingerprint density at radius 2 is 1.94 bits per heavy atom. The molecule has 0 spiro atoms. The van der Waals surface area contributed by atoms with Gasteiger partial charge >= 0.3 is 0 Å². The lowest BCUT2D eigenvalue weighted by molar-refractivity contribution is -0.111. The van der Waals surface area contributed by atoms with Crippen LogP contribution in [0.2, 0.25) is 5.02 Å².